The van der Waals surface area contributed by atoms with Crippen molar-refractivity contribution in [3.8, 4) is 0 Å². The van der Waals surface area contributed by atoms with Crippen LogP contribution < -0.4 is 5.32 Å². The Bertz CT molecular complexity index is 548. The molecule has 0 saturated heterocycles. The number of amides is 2. The van der Waals surface area contributed by atoms with Crippen LogP contribution in [0.1, 0.15) is 65.7 Å². The lowest BCUT2D eigenvalue weighted by Gasteiger charge is -2.54. The molecule has 5 fully saturated rings. The first-order valence-electron chi connectivity index (χ1n) is 9.99. The molecule has 5 rings (SSSR count). The highest BCUT2D eigenvalue weighted by molar-refractivity contribution is 5.86. The van der Waals surface area contributed by atoms with E-state index in [0.717, 1.165) is 24.7 Å². The molecule has 5 saturated carbocycles. The van der Waals surface area contributed by atoms with E-state index in [-0.39, 0.29) is 5.91 Å². The molecule has 25 heavy (non-hydrogen) atoms. The molecule has 5 aliphatic carbocycles. The standard InChI is InChI=1S/C20H32N2O3/c1-19(2,3)22(18(24)25)11-20(4-5-20)17(23)21-16-14-7-12-6-13(9-14)10-15(16)8-12/h12-16H,4-11H2,1-3H3,(H,21,23)(H,24,25). The van der Waals surface area contributed by atoms with E-state index in [1.807, 2.05) is 20.8 Å². The quantitative estimate of drug-likeness (QED) is 0.817. The van der Waals surface area contributed by atoms with Gasteiger partial charge in [0.25, 0.3) is 0 Å². The van der Waals surface area contributed by atoms with E-state index in [2.05, 4.69) is 5.32 Å². The number of carbonyl (C=O) groups is 2. The summed E-state index contributed by atoms with van der Waals surface area (Å²) in [5, 5.41) is 13.0. The van der Waals surface area contributed by atoms with Crippen LogP contribution in [0.3, 0.4) is 0 Å². The van der Waals surface area contributed by atoms with Gasteiger partial charge in [-0.1, -0.05) is 0 Å². The SMILES string of the molecule is CC(C)(C)N(CC1(C(=O)NC2C3CC4CC(C3)CC2C4)CC1)C(=O)O. The molecule has 2 N–H and O–H groups in total. The maximum Gasteiger partial charge on any atom is 0.407 e. The third kappa shape index (κ3) is 3.04. The molecule has 0 spiro atoms. The van der Waals surface area contributed by atoms with E-state index in [9.17, 15) is 14.7 Å². The van der Waals surface area contributed by atoms with Crippen molar-refractivity contribution in [3.63, 3.8) is 0 Å². The van der Waals surface area contributed by atoms with Gasteiger partial charge in [-0.05, 0) is 89.4 Å². The van der Waals surface area contributed by atoms with Crippen LogP contribution in [-0.4, -0.2) is 40.1 Å². The average Bonchev–Trinajstić information content (AvgIpc) is 3.27. The summed E-state index contributed by atoms with van der Waals surface area (Å²) in [7, 11) is 0. The summed E-state index contributed by atoms with van der Waals surface area (Å²) < 4.78 is 0. The average molecular weight is 348 g/mol. The molecule has 5 nitrogen and oxygen atoms in total. The zero-order valence-corrected chi connectivity index (χ0v) is 15.8. The number of hydrogen-bond donors (Lipinski definition) is 2. The van der Waals surface area contributed by atoms with Gasteiger partial charge in [0.15, 0.2) is 0 Å². The number of carboxylic acid groups (broad SMARTS) is 1. The molecule has 0 aromatic heterocycles. The predicted octanol–water partition coefficient (Wildman–Crippen LogP) is 3.49. The Labute approximate surface area is 150 Å². The Morgan fingerprint density at radius 3 is 1.96 bits per heavy atom. The summed E-state index contributed by atoms with van der Waals surface area (Å²) >= 11 is 0. The van der Waals surface area contributed by atoms with Crippen molar-refractivity contribution in [2.75, 3.05) is 6.54 Å². The molecule has 4 bridgehead atoms. The highest BCUT2D eigenvalue weighted by atomic mass is 16.4. The van der Waals surface area contributed by atoms with Gasteiger partial charge in [0.05, 0.1) is 5.41 Å². The van der Waals surface area contributed by atoms with Crippen LogP contribution in [0.25, 0.3) is 0 Å². The molecule has 5 heteroatoms. The van der Waals surface area contributed by atoms with Gasteiger partial charge in [0.2, 0.25) is 5.91 Å². The van der Waals surface area contributed by atoms with Crippen molar-refractivity contribution in [2.45, 2.75) is 77.3 Å². The van der Waals surface area contributed by atoms with Crippen LogP contribution in [0, 0.1) is 29.1 Å². The van der Waals surface area contributed by atoms with E-state index < -0.39 is 17.0 Å². The number of carbonyl (C=O) groups excluding carboxylic acids is 1. The van der Waals surface area contributed by atoms with Crippen LogP contribution in [0.2, 0.25) is 0 Å². The van der Waals surface area contributed by atoms with Gasteiger partial charge in [-0.2, -0.15) is 0 Å². The van der Waals surface area contributed by atoms with Crippen molar-refractivity contribution >= 4 is 12.0 Å². The Morgan fingerprint density at radius 1 is 1.04 bits per heavy atom. The fourth-order valence-electron chi connectivity index (χ4n) is 5.97. The molecule has 0 aromatic rings. The second kappa shape index (κ2) is 5.62. The molecule has 5 aliphatic rings. The first-order chi connectivity index (χ1) is 11.7. The second-order valence-electron chi connectivity index (χ2n) is 10.2. The van der Waals surface area contributed by atoms with Gasteiger partial charge < -0.3 is 15.3 Å². The zero-order valence-electron chi connectivity index (χ0n) is 15.8. The summed E-state index contributed by atoms with van der Waals surface area (Å²) in [5.74, 6) is 3.23. The van der Waals surface area contributed by atoms with Crippen molar-refractivity contribution < 1.29 is 14.7 Å². The molecule has 0 unspecified atom stereocenters. The molecule has 140 valence electrons. The number of nitrogens with one attached hydrogen (secondary N) is 1. The van der Waals surface area contributed by atoms with Crippen molar-refractivity contribution in [1.29, 1.82) is 0 Å². The summed E-state index contributed by atoms with van der Waals surface area (Å²) in [6, 6.07) is 0.339. The first kappa shape index (κ1) is 17.2. The Hall–Kier alpha value is -1.26. The molecular formula is C20H32N2O3. The normalized spacial score (nSPS) is 37.6. The smallest absolute Gasteiger partial charge is 0.407 e. The van der Waals surface area contributed by atoms with E-state index in [1.54, 1.807) is 0 Å². The largest absolute Gasteiger partial charge is 0.465 e. The van der Waals surface area contributed by atoms with Crippen molar-refractivity contribution in [1.82, 2.24) is 10.2 Å². The summed E-state index contributed by atoms with van der Waals surface area (Å²) in [4.78, 5) is 26.2. The summed E-state index contributed by atoms with van der Waals surface area (Å²) in [6.45, 7) is 6.01. The molecule has 2 amide bonds. The van der Waals surface area contributed by atoms with Gasteiger partial charge in [-0.3, -0.25) is 4.79 Å². The van der Waals surface area contributed by atoms with E-state index in [1.165, 1.54) is 37.0 Å². The number of nitrogens with zero attached hydrogens (tertiary/aromatic N) is 1. The van der Waals surface area contributed by atoms with E-state index in [4.69, 9.17) is 0 Å². The van der Waals surface area contributed by atoms with E-state index >= 15 is 0 Å². The van der Waals surface area contributed by atoms with Crippen LogP contribution in [0.15, 0.2) is 0 Å². The first-order valence-corrected chi connectivity index (χ1v) is 9.99. The highest BCUT2D eigenvalue weighted by Crippen LogP contribution is 2.54. The second-order valence-corrected chi connectivity index (χ2v) is 10.2. The predicted molar refractivity (Wildman–Crippen MR) is 95.1 cm³/mol. The maximum atomic E-state index is 13.1. The minimum absolute atomic E-state index is 0.112. The van der Waals surface area contributed by atoms with Gasteiger partial charge >= 0.3 is 6.09 Å². The molecule has 0 aromatic carbocycles. The number of hydrogen-bond acceptors (Lipinski definition) is 2. The minimum Gasteiger partial charge on any atom is -0.465 e. The number of rotatable bonds is 4. The van der Waals surface area contributed by atoms with Crippen LogP contribution in [0.5, 0.6) is 0 Å². The lowest BCUT2D eigenvalue weighted by atomic mass is 9.54. The maximum absolute atomic E-state index is 13.1. The molecule has 0 aliphatic heterocycles. The van der Waals surface area contributed by atoms with Gasteiger partial charge in [0, 0.05) is 18.1 Å². The molecular weight excluding hydrogens is 316 g/mol. The summed E-state index contributed by atoms with van der Waals surface area (Å²) in [5.41, 5.74) is -0.968. The van der Waals surface area contributed by atoms with E-state index in [0.29, 0.717) is 24.4 Å². The van der Waals surface area contributed by atoms with Gasteiger partial charge in [0.1, 0.15) is 0 Å². The summed E-state index contributed by atoms with van der Waals surface area (Å²) in [6.07, 6.45) is 7.25. The van der Waals surface area contributed by atoms with Crippen LogP contribution in [-0.2, 0) is 4.79 Å². The lowest BCUT2D eigenvalue weighted by Crippen LogP contribution is -2.58. The van der Waals surface area contributed by atoms with Crippen LogP contribution >= 0.6 is 0 Å². The Morgan fingerprint density at radius 2 is 1.56 bits per heavy atom. The molecule has 0 atom stereocenters. The molecule has 0 heterocycles. The third-order valence-corrected chi connectivity index (χ3v) is 7.36. The molecule has 0 radical (unpaired) electrons. The van der Waals surface area contributed by atoms with Crippen molar-refractivity contribution in [2.24, 2.45) is 29.1 Å². The van der Waals surface area contributed by atoms with Gasteiger partial charge in [-0.25, -0.2) is 4.79 Å². The van der Waals surface area contributed by atoms with Gasteiger partial charge in [-0.15, -0.1) is 0 Å². The highest BCUT2D eigenvalue weighted by Gasteiger charge is 2.55. The Balaban J connectivity index is 1.43. The zero-order chi connectivity index (χ0) is 18.0. The topological polar surface area (TPSA) is 69.6 Å². The minimum atomic E-state index is -0.929. The monoisotopic (exact) mass is 348 g/mol. The Kier molecular flexibility index (Phi) is 3.86. The lowest BCUT2D eigenvalue weighted by molar-refractivity contribution is -0.131. The van der Waals surface area contributed by atoms with Crippen molar-refractivity contribution in [3.05, 3.63) is 0 Å². The third-order valence-electron chi connectivity index (χ3n) is 7.36. The van der Waals surface area contributed by atoms with Crippen LogP contribution in [0.4, 0.5) is 4.79 Å². The fraction of sp³-hybridized carbons (Fsp3) is 0.900. The fourth-order valence-corrected chi connectivity index (χ4v) is 5.97.